The Bertz CT molecular complexity index is 90.7. The van der Waals surface area contributed by atoms with Gasteiger partial charge in [0.05, 0.1) is 0 Å². The van der Waals surface area contributed by atoms with Gasteiger partial charge in [-0.15, -0.1) is 0 Å². The first-order valence-corrected chi connectivity index (χ1v) is 4.55. The van der Waals surface area contributed by atoms with Gasteiger partial charge in [0.1, 0.15) is 0 Å². The lowest BCUT2D eigenvalue weighted by Gasteiger charge is -1.96. The van der Waals surface area contributed by atoms with Crippen molar-refractivity contribution < 1.29 is 0 Å². The second kappa shape index (κ2) is 3.97. The molecule has 0 aromatic heterocycles. The minimum atomic E-state index is 0.955. The Hall–Kier alpha value is -0.0400. The van der Waals surface area contributed by atoms with Gasteiger partial charge in [0, 0.05) is 12.6 Å². The number of hydrogen-bond acceptors (Lipinski definition) is 1. The van der Waals surface area contributed by atoms with Crippen molar-refractivity contribution in [1.82, 2.24) is 4.90 Å². The van der Waals surface area contributed by atoms with Gasteiger partial charge in [-0.2, -0.15) is 0 Å². The monoisotopic (exact) mass is 141 g/mol. The molecule has 2 atom stereocenters. The molecule has 1 aliphatic rings. The molecule has 0 aromatic rings. The third-order valence-corrected chi connectivity index (χ3v) is 2.38. The predicted octanol–water partition coefficient (Wildman–Crippen LogP) is 2.27. The highest BCUT2D eigenvalue weighted by atomic mass is 15.3. The average molecular weight is 141 g/mol. The minimum absolute atomic E-state index is 0.955. The molecule has 0 radical (unpaired) electrons. The van der Waals surface area contributed by atoms with E-state index in [1.807, 2.05) is 0 Å². The summed E-state index contributed by atoms with van der Waals surface area (Å²) in [5, 5.41) is 0. The number of unbranched alkanes of at least 4 members (excludes halogenated alkanes) is 3. The van der Waals surface area contributed by atoms with Gasteiger partial charge in [0.15, 0.2) is 0 Å². The first-order valence-electron chi connectivity index (χ1n) is 4.55. The molecule has 0 N–H and O–H groups in total. The van der Waals surface area contributed by atoms with Crippen LogP contribution < -0.4 is 0 Å². The maximum Gasteiger partial charge on any atom is 0.0220 e. The lowest BCUT2D eigenvalue weighted by molar-refractivity contribution is 0.547. The van der Waals surface area contributed by atoms with Crippen LogP contribution in [0, 0.1) is 0 Å². The van der Waals surface area contributed by atoms with E-state index in [-0.39, 0.29) is 0 Å². The highest BCUT2D eigenvalue weighted by Crippen LogP contribution is 2.20. The smallest absolute Gasteiger partial charge is 0.0220 e. The summed E-state index contributed by atoms with van der Waals surface area (Å²) < 4.78 is 0. The molecule has 0 amide bonds. The van der Waals surface area contributed by atoms with Gasteiger partial charge in [0.25, 0.3) is 0 Å². The third-order valence-electron chi connectivity index (χ3n) is 2.38. The second-order valence-corrected chi connectivity index (χ2v) is 3.44. The lowest BCUT2D eigenvalue weighted by atomic mass is 10.1. The van der Waals surface area contributed by atoms with Gasteiger partial charge >= 0.3 is 0 Å². The average Bonchev–Trinajstić information content (AvgIpc) is 2.60. The highest BCUT2D eigenvalue weighted by molar-refractivity contribution is 4.84. The molecule has 1 rings (SSSR count). The van der Waals surface area contributed by atoms with Gasteiger partial charge < -0.3 is 4.90 Å². The fraction of sp³-hybridized carbons (Fsp3) is 1.00. The second-order valence-electron chi connectivity index (χ2n) is 3.44. The topological polar surface area (TPSA) is 3.01 Å². The van der Waals surface area contributed by atoms with Crippen molar-refractivity contribution in [3.8, 4) is 0 Å². The summed E-state index contributed by atoms with van der Waals surface area (Å²) in [5.74, 6) is 0. The van der Waals surface area contributed by atoms with Gasteiger partial charge in [-0.25, -0.2) is 0 Å². The van der Waals surface area contributed by atoms with Gasteiger partial charge in [0.2, 0.25) is 0 Å². The Morgan fingerprint density at radius 2 is 2.00 bits per heavy atom. The fourth-order valence-corrected chi connectivity index (χ4v) is 1.40. The van der Waals surface area contributed by atoms with E-state index in [4.69, 9.17) is 0 Å². The lowest BCUT2D eigenvalue weighted by Crippen LogP contribution is -1.93. The molecule has 1 heterocycles. The molecule has 1 nitrogen and oxygen atoms in total. The molecular weight excluding hydrogens is 122 g/mol. The van der Waals surface area contributed by atoms with Crippen LogP contribution in [0.4, 0.5) is 0 Å². The molecule has 0 spiro atoms. The molecule has 0 saturated carbocycles. The van der Waals surface area contributed by atoms with E-state index < -0.39 is 0 Å². The molecule has 2 unspecified atom stereocenters. The number of hydrogen-bond donors (Lipinski definition) is 0. The molecular formula is C9H19N. The van der Waals surface area contributed by atoms with E-state index in [1.165, 1.54) is 38.6 Å². The fourth-order valence-electron chi connectivity index (χ4n) is 1.40. The SMILES string of the molecule is CCCCCCC1CN1C. The summed E-state index contributed by atoms with van der Waals surface area (Å²) in [7, 11) is 2.21. The van der Waals surface area contributed by atoms with E-state index in [0.29, 0.717) is 0 Å². The van der Waals surface area contributed by atoms with Crippen LogP contribution in [-0.2, 0) is 0 Å². The van der Waals surface area contributed by atoms with Crippen LogP contribution in [0.3, 0.4) is 0 Å². The van der Waals surface area contributed by atoms with Crippen LogP contribution in [0.2, 0.25) is 0 Å². The normalized spacial score (nSPS) is 30.6. The summed E-state index contributed by atoms with van der Waals surface area (Å²) in [6, 6.07) is 0.955. The molecule has 1 aliphatic heterocycles. The van der Waals surface area contributed by atoms with Crippen molar-refractivity contribution in [3.63, 3.8) is 0 Å². The quantitative estimate of drug-likeness (QED) is 0.419. The largest absolute Gasteiger partial charge is 0.301 e. The zero-order valence-electron chi connectivity index (χ0n) is 7.27. The molecule has 1 heteroatoms. The zero-order chi connectivity index (χ0) is 7.40. The maximum atomic E-state index is 2.42. The Labute approximate surface area is 64.4 Å². The van der Waals surface area contributed by atoms with Crippen LogP contribution in [0.5, 0.6) is 0 Å². The van der Waals surface area contributed by atoms with Gasteiger partial charge in [-0.1, -0.05) is 32.6 Å². The van der Waals surface area contributed by atoms with Crippen molar-refractivity contribution >= 4 is 0 Å². The van der Waals surface area contributed by atoms with Gasteiger partial charge in [-0.3, -0.25) is 0 Å². The molecule has 0 bridgehead atoms. The van der Waals surface area contributed by atoms with Gasteiger partial charge in [-0.05, 0) is 13.5 Å². The first-order chi connectivity index (χ1) is 4.84. The van der Waals surface area contributed by atoms with Crippen molar-refractivity contribution in [2.75, 3.05) is 13.6 Å². The van der Waals surface area contributed by atoms with Crippen LogP contribution in [0.1, 0.15) is 39.0 Å². The van der Waals surface area contributed by atoms with E-state index in [1.54, 1.807) is 0 Å². The Balaban J connectivity index is 1.78. The van der Waals surface area contributed by atoms with E-state index in [2.05, 4.69) is 18.9 Å². The highest BCUT2D eigenvalue weighted by Gasteiger charge is 2.27. The summed E-state index contributed by atoms with van der Waals surface area (Å²) in [5.41, 5.74) is 0. The third kappa shape index (κ3) is 2.70. The standard InChI is InChI=1S/C9H19N/c1-3-4-5-6-7-9-8-10(9)2/h9H,3-8H2,1-2H3. The summed E-state index contributed by atoms with van der Waals surface area (Å²) in [6.07, 6.45) is 7.12. The van der Waals surface area contributed by atoms with Crippen molar-refractivity contribution in [1.29, 1.82) is 0 Å². The molecule has 10 heavy (non-hydrogen) atoms. The zero-order valence-corrected chi connectivity index (χ0v) is 7.27. The van der Waals surface area contributed by atoms with Crippen molar-refractivity contribution in [3.05, 3.63) is 0 Å². The molecule has 0 aromatic carbocycles. The van der Waals surface area contributed by atoms with E-state index in [9.17, 15) is 0 Å². The molecule has 1 fully saturated rings. The maximum absolute atomic E-state index is 2.42. The Morgan fingerprint density at radius 1 is 1.30 bits per heavy atom. The summed E-state index contributed by atoms with van der Waals surface area (Å²) >= 11 is 0. The number of rotatable bonds is 5. The van der Waals surface area contributed by atoms with Crippen LogP contribution >= 0.6 is 0 Å². The number of likely N-dealkylation sites (N-methyl/N-ethyl adjacent to an activating group) is 1. The van der Waals surface area contributed by atoms with Crippen LogP contribution in [0.25, 0.3) is 0 Å². The van der Waals surface area contributed by atoms with Crippen molar-refractivity contribution in [2.24, 2.45) is 0 Å². The Kier molecular flexibility index (Phi) is 3.20. The first kappa shape index (κ1) is 8.06. The summed E-state index contributed by atoms with van der Waals surface area (Å²) in [4.78, 5) is 2.42. The van der Waals surface area contributed by atoms with Crippen molar-refractivity contribution in [2.45, 2.75) is 45.1 Å². The van der Waals surface area contributed by atoms with Crippen LogP contribution in [0.15, 0.2) is 0 Å². The Morgan fingerprint density at radius 3 is 2.50 bits per heavy atom. The van der Waals surface area contributed by atoms with E-state index in [0.717, 1.165) is 6.04 Å². The summed E-state index contributed by atoms with van der Waals surface area (Å²) in [6.45, 7) is 3.62. The van der Waals surface area contributed by atoms with E-state index >= 15 is 0 Å². The number of nitrogens with zero attached hydrogens (tertiary/aromatic N) is 1. The van der Waals surface area contributed by atoms with Crippen LogP contribution in [-0.4, -0.2) is 24.5 Å². The predicted molar refractivity (Wildman–Crippen MR) is 45.2 cm³/mol. The minimum Gasteiger partial charge on any atom is -0.301 e. The molecule has 60 valence electrons. The molecule has 0 aliphatic carbocycles. The molecule has 1 saturated heterocycles.